The summed E-state index contributed by atoms with van der Waals surface area (Å²) in [5.74, 6) is -0.890. The summed E-state index contributed by atoms with van der Waals surface area (Å²) in [6, 6.07) is 2.12. The lowest BCUT2D eigenvalue weighted by Crippen LogP contribution is -2.32. The molecule has 0 bridgehead atoms. The molecule has 1 unspecified atom stereocenters. The highest BCUT2D eigenvalue weighted by Crippen LogP contribution is 2.32. The van der Waals surface area contributed by atoms with Crippen LogP contribution in [-0.4, -0.2) is 28.8 Å². The minimum atomic E-state index is -4.46. The molecule has 0 spiro atoms. The first-order valence-corrected chi connectivity index (χ1v) is 6.63. The van der Waals surface area contributed by atoms with Gasteiger partial charge in [-0.1, -0.05) is 18.4 Å². The van der Waals surface area contributed by atoms with Crippen molar-refractivity contribution in [1.82, 2.24) is 9.58 Å². The predicted molar refractivity (Wildman–Crippen MR) is 75.0 cm³/mol. The van der Waals surface area contributed by atoms with Gasteiger partial charge in [-0.15, -0.1) is 4.59 Å². The van der Waals surface area contributed by atoms with Crippen LogP contribution in [0.2, 0.25) is 0 Å². The molecule has 1 aromatic rings. The Hall–Kier alpha value is -2.22. The van der Waals surface area contributed by atoms with Crippen LogP contribution in [0.4, 0.5) is 19.0 Å². The summed E-state index contributed by atoms with van der Waals surface area (Å²) in [5.41, 5.74) is -0.382. The van der Waals surface area contributed by atoms with Crippen molar-refractivity contribution in [3.8, 4) is 0 Å². The summed E-state index contributed by atoms with van der Waals surface area (Å²) >= 11 is 0. The molecule has 118 valence electrons. The molecule has 1 atom stereocenters. The SMILES string of the molecule is CCCC1=N[N+](C)(c2ccc(C(F)(F)F)cn2)C=C1C(=O)O. The van der Waals surface area contributed by atoms with E-state index in [0.29, 0.717) is 18.6 Å². The molecule has 2 rings (SSSR count). The molecular formula is C14H15F3N3O2+. The van der Waals surface area contributed by atoms with Crippen LogP contribution in [0.5, 0.6) is 0 Å². The van der Waals surface area contributed by atoms with Crippen molar-refractivity contribution in [2.24, 2.45) is 5.10 Å². The molecular weight excluding hydrogens is 299 g/mol. The first-order valence-electron chi connectivity index (χ1n) is 6.63. The van der Waals surface area contributed by atoms with E-state index in [2.05, 4.69) is 10.1 Å². The van der Waals surface area contributed by atoms with Crippen LogP contribution in [-0.2, 0) is 11.0 Å². The molecule has 1 aromatic heterocycles. The minimum absolute atomic E-state index is 0.0612. The van der Waals surface area contributed by atoms with E-state index in [1.165, 1.54) is 12.3 Å². The zero-order chi connectivity index (χ0) is 16.5. The van der Waals surface area contributed by atoms with Crippen molar-refractivity contribution in [3.63, 3.8) is 0 Å². The summed E-state index contributed by atoms with van der Waals surface area (Å²) in [7, 11) is 1.57. The van der Waals surface area contributed by atoms with Crippen molar-refractivity contribution in [2.75, 3.05) is 7.05 Å². The molecule has 0 amide bonds. The normalized spacial score (nSPS) is 21.5. The number of hydrogen-bond acceptors (Lipinski definition) is 3. The summed E-state index contributed by atoms with van der Waals surface area (Å²) < 4.78 is 37.4. The highest BCUT2D eigenvalue weighted by molar-refractivity contribution is 6.20. The Bertz CT molecular complexity index is 650. The first kappa shape index (κ1) is 16.2. The third-order valence-corrected chi connectivity index (χ3v) is 3.28. The van der Waals surface area contributed by atoms with E-state index in [4.69, 9.17) is 0 Å². The summed E-state index contributed by atoms with van der Waals surface area (Å²) in [4.78, 5) is 15.1. The summed E-state index contributed by atoms with van der Waals surface area (Å²) in [5, 5.41) is 13.5. The van der Waals surface area contributed by atoms with Crippen molar-refractivity contribution < 1.29 is 23.1 Å². The van der Waals surface area contributed by atoms with Crippen molar-refractivity contribution in [3.05, 3.63) is 35.7 Å². The van der Waals surface area contributed by atoms with E-state index in [0.717, 1.165) is 12.3 Å². The third-order valence-electron chi connectivity index (χ3n) is 3.28. The quantitative estimate of drug-likeness (QED) is 0.868. The Labute approximate surface area is 125 Å². The Balaban J connectivity index is 2.41. The molecule has 0 aliphatic carbocycles. The molecule has 0 fully saturated rings. The Morgan fingerprint density at radius 2 is 2.05 bits per heavy atom. The lowest BCUT2D eigenvalue weighted by molar-refractivity contribution is -0.138. The molecule has 5 nitrogen and oxygen atoms in total. The number of carboxylic acids is 1. The van der Waals surface area contributed by atoms with E-state index in [-0.39, 0.29) is 16.0 Å². The number of hydrogen-bond donors (Lipinski definition) is 1. The van der Waals surface area contributed by atoms with Gasteiger partial charge in [-0.3, -0.25) is 0 Å². The largest absolute Gasteiger partial charge is 0.477 e. The molecule has 1 aliphatic heterocycles. The van der Waals surface area contributed by atoms with Gasteiger partial charge in [0.15, 0.2) is 0 Å². The predicted octanol–water partition coefficient (Wildman–Crippen LogP) is 3.18. The maximum Gasteiger partial charge on any atom is 0.417 e. The lowest BCUT2D eigenvalue weighted by Gasteiger charge is -2.18. The number of carbonyl (C=O) groups is 1. The van der Waals surface area contributed by atoms with Crippen LogP contribution in [0.1, 0.15) is 25.3 Å². The molecule has 8 heteroatoms. The lowest BCUT2D eigenvalue weighted by atomic mass is 10.1. The number of rotatable bonds is 4. The number of quaternary nitrogens is 1. The van der Waals surface area contributed by atoms with Crippen LogP contribution in [0, 0.1) is 0 Å². The molecule has 0 aromatic carbocycles. The Morgan fingerprint density at radius 3 is 2.50 bits per heavy atom. The number of halogens is 3. The van der Waals surface area contributed by atoms with E-state index in [9.17, 15) is 23.1 Å². The maximum absolute atomic E-state index is 12.6. The van der Waals surface area contributed by atoms with Crippen LogP contribution in [0.15, 0.2) is 35.2 Å². The van der Waals surface area contributed by atoms with Crippen molar-refractivity contribution in [1.29, 1.82) is 0 Å². The van der Waals surface area contributed by atoms with Crippen molar-refractivity contribution >= 4 is 17.5 Å². The first-order chi connectivity index (χ1) is 10.2. The van der Waals surface area contributed by atoms with E-state index >= 15 is 0 Å². The fourth-order valence-corrected chi connectivity index (χ4v) is 2.20. The van der Waals surface area contributed by atoms with Gasteiger partial charge in [0, 0.05) is 12.3 Å². The van der Waals surface area contributed by atoms with Gasteiger partial charge in [-0.2, -0.15) is 13.2 Å². The van der Waals surface area contributed by atoms with Gasteiger partial charge in [0.25, 0.3) is 5.82 Å². The number of carboxylic acid groups (broad SMARTS) is 1. The molecule has 2 heterocycles. The number of alkyl halides is 3. The van der Waals surface area contributed by atoms with Crippen LogP contribution in [0.3, 0.4) is 0 Å². The molecule has 1 aliphatic rings. The second kappa shape index (κ2) is 5.53. The second-order valence-corrected chi connectivity index (χ2v) is 5.07. The fourth-order valence-electron chi connectivity index (χ4n) is 2.20. The molecule has 0 radical (unpaired) electrons. The van der Waals surface area contributed by atoms with Gasteiger partial charge in [-0.05, 0) is 12.5 Å². The van der Waals surface area contributed by atoms with Gasteiger partial charge in [-0.25, -0.2) is 9.78 Å². The van der Waals surface area contributed by atoms with Gasteiger partial charge in [0.2, 0.25) is 0 Å². The number of pyridine rings is 1. The van der Waals surface area contributed by atoms with E-state index in [1.807, 2.05) is 6.92 Å². The van der Waals surface area contributed by atoms with Crippen LogP contribution in [0.25, 0.3) is 0 Å². The molecule has 0 saturated heterocycles. The number of nitrogens with zero attached hydrogens (tertiary/aromatic N) is 3. The van der Waals surface area contributed by atoms with Crippen LogP contribution < -0.4 is 4.59 Å². The topological polar surface area (TPSA) is 62.5 Å². The van der Waals surface area contributed by atoms with Crippen molar-refractivity contribution in [2.45, 2.75) is 25.9 Å². The zero-order valence-corrected chi connectivity index (χ0v) is 12.1. The average Bonchev–Trinajstić information content (AvgIpc) is 2.77. The van der Waals surface area contributed by atoms with Gasteiger partial charge in [0.1, 0.15) is 24.5 Å². The standard InChI is InChI=1S/C14H14F3N3O2/c1-3-4-11-10(13(21)22)8-20(2,19-11)12-6-5-9(7-18-12)14(15,16)17/h5-8H,3-4H2,1-2H3/p+1. The summed E-state index contributed by atoms with van der Waals surface area (Å²) in [6.07, 6.45) is -1.17. The average molecular weight is 314 g/mol. The smallest absolute Gasteiger partial charge is 0.417 e. The number of aliphatic carboxylic acids is 1. The minimum Gasteiger partial charge on any atom is -0.477 e. The van der Waals surface area contributed by atoms with E-state index < -0.39 is 17.7 Å². The molecule has 22 heavy (non-hydrogen) atoms. The summed E-state index contributed by atoms with van der Waals surface area (Å²) in [6.45, 7) is 1.89. The molecule has 0 saturated carbocycles. The molecule has 1 N–H and O–H groups in total. The number of aromatic nitrogens is 1. The fraction of sp³-hybridized carbons (Fsp3) is 0.357. The Kier molecular flexibility index (Phi) is 4.06. The third kappa shape index (κ3) is 3.01. The van der Waals surface area contributed by atoms with Gasteiger partial charge >= 0.3 is 12.1 Å². The highest BCUT2D eigenvalue weighted by atomic mass is 19.4. The Morgan fingerprint density at radius 1 is 1.36 bits per heavy atom. The van der Waals surface area contributed by atoms with E-state index in [1.54, 1.807) is 7.05 Å². The highest BCUT2D eigenvalue weighted by Gasteiger charge is 2.38. The van der Waals surface area contributed by atoms with Gasteiger partial charge < -0.3 is 5.11 Å². The monoisotopic (exact) mass is 314 g/mol. The van der Waals surface area contributed by atoms with Gasteiger partial charge in [0.05, 0.1) is 5.56 Å². The maximum atomic E-state index is 12.6. The second-order valence-electron chi connectivity index (χ2n) is 5.07. The van der Waals surface area contributed by atoms with Crippen LogP contribution >= 0.6 is 0 Å². The zero-order valence-electron chi connectivity index (χ0n) is 12.1.